The summed E-state index contributed by atoms with van der Waals surface area (Å²) >= 11 is 6.08. The van der Waals surface area contributed by atoms with Gasteiger partial charge in [0.05, 0.1) is 4.90 Å². The second-order valence-electron chi connectivity index (χ2n) is 9.52. The highest BCUT2D eigenvalue weighted by Crippen LogP contribution is 2.32. The lowest BCUT2D eigenvalue weighted by Gasteiger charge is -2.19. The van der Waals surface area contributed by atoms with Gasteiger partial charge in [-0.05, 0) is 72.5 Å². The van der Waals surface area contributed by atoms with Crippen molar-refractivity contribution in [2.24, 2.45) is 7.05 Å². The smallest absolute Gasteiger partial charge is 0.356 e. The number of halogens is 1. The van der Waals surface area contributed by atoms with E-state index in [4.69, 9.17) is 16.3 Å². The van der Waals surface area contributed by atoms with Crippen molar-refractivity contribution in [1.29, 1.82) is 0 Å². The lowest BCUT2D eigenvalue weighted by molar-refractivity contribution is -0.123. The number of rotatable bonds is 8. The Balaban J connectivity index is 1.36. The molecule has 0 aliphatic rings. The summed E-state index contributed by atoms with van der Waals surface area (Å²) in [4.78, 5) is 43.5. The van der Waals surface area contributed by atoms with Crippen molar-refractivity contribution in [1.82, 2.24) is 9.55 Å². The first-order valence-electron chi connectivity index (χ1n) is 13.0. The van der Waals surface area contributed by atoms with Gasteiger partial charge in [0.15, 0.2) is 6.10 Å². The largest absolute Gasteiger partial charge is 0.448 e. The molecule has 0 saturated carbocycles. The van der Waals surface area contributed by atoms with Gasteiger partial charge in [-0.2, -0.15) is 0 Å². The SMILES string of the molecule is CC(OC(=O)c1c(-c2ccc(Cl)cc2)c2ccccc2c(=O)n1C)C(=O)Nc1ccc(S(=O)(=O)Nc2ccccn2)cc1. The molecule has 1 unspecified atom stereocenters. The number of anilines is 2. The summed E-state index contributed by atoms with van der Waals surface area (Å²) < 4.78 is 34.4. The quantitative estimate of drug-likeness (QED) is 0.228. The van der Waals surface area contributed by atoms with Crippen molar-refractivity contribution in [3.8, 4) is 11.1 Å². The Morgan fingerprint density at radius 2 is 1.56 bits per heavy atom. The van der Waals surface area contributed by atoms with Gasteiger partial charge in [0.25, 0.3) is 21.5 Å². The average Bonchev–Trinajstić information content (AvgIpc) is 3.00. The van der Waals surface area contributed by atoms with E-state index in [2.05, 4.69) is 15.0 Å². The van der Waals surface area contributed by atoms with Crippen LogP contribution >= 0.6 is 11.6 Å². The normalized spacial score (nSPS) is 12.0. The molecule has 0 fully saturated rings. The topological polar surface area (TPSA) is 136 Å². The number of ether oxygens (including phenoxy) is 1. The summed E-state index contributed by atoms with van der Waals surface area (Å²) in [7, 11) is -2.44. The lowest BCUT2D eigenvalue weighted by atomic mass is 9.96. The van der Waals surface area contributed by atoms with Crippen LogP contribution in [0.3, 0.4) is 0 Å². The molecule has 0 radical (unpaired) electrons. The number of aromatic nitrogens is 2. The first-order chi connectivity index (χ1) is 20.5. The molecule has 1 amide bonds. The van der Waals surface area contributed by atoms with E-state index in [0.717, 1.165) is 0 Å². The average molecular weight is 617 g/mol. The fourth-order valence-electron chi connectivity index (χ4n) is 4.46. The van der Waals surface area contributed by atoms with E-state index in [9.17, 15) is 22.8 Å². The Hall–Kier alpha value is -5.00. The van der Waals surface area contributed by atoms with Crippen LogP contribution in [-0.4, -0.2) is 35.9 Å². The minimum Gasteiger partial charge on any atom is -0.448 e. The van der Waals surface area contributed by atoms with Crippen molar-refractivity contribution in [2.45, 2.75) is 17.9 Å². The fourth-order valence-corrected chi connectivity index (χ4v) is 5.60. The third-order valence-electron chi connectivity index (χ3n) is 6.62. The summed E-state index contributed by atoms with van der Waals surface area (Å²) in [5.74, 6) is -1.37. The number of hydrogen-bond acceptors (Lipinski definition) is 7. The van der Waals surface area contributed by atoms with Crippen LogP contribution in [0.15, 0.2) is 107 Å². The Morgan fingerprint density at radius 3 is 2.21 bits per heavy atom. The fraction of sp³-hybridized carbons (Fsp3) is 0.0968. The van der Waals surface area contributed by atoms with E-state index in [0.29, 0.717) is 26.9 Å². The first-order valence-corrected chi connectivity index (χ1v) is 14.8. The zero-order valence-electron chi connectivity index (χ0n) is 22.9. The van der Waals surface area contributed by atoms with Gasteiger partial charge in [-0.25, -0.2) is 18.2 Å². The van der Waals surface area contributed by atoms with Gasteiger partial charge in [-0.1, -0.05) is 48.0 Å². The highest BCUT2D eigenvalue weighted by atomic mass is 35.5. The number of sulfonamides is 1. The Morgan fingerprint density at radius 1 is 0.907 bits per heavy atom. The Bertz CT molecular complexity index is 2000. The molecular weight excluding hydrogens is 592 g/mol. The molecule has 1 atom stereocenters. The number of esters is 1. The molecule has 2 aromatic heterocycles. The van der Waals surface area contributed by atoms with E-state index >= 15 is 0 Å². The van der Waals surface area contributed by atoms with Crippen LogP contribution in [0.1, 0.15) is 17.4 Å². The maximum atomic E-state index is 13.5. The van der Waals surface area contributed by atoms with E-state index in [1.807, 2.05) is 0 Å². The number of carbonyl (C=O) groups excluding carboxylic acids is 2. The van der Waals surface area contributed by atoms with Crippen LogP contribution in [0.2, 0.25) is 5.02 Å². The summed E-state index contributed by atoms with van der Waals surface area (Å²) in [6.45, 7) is 1.39. The van der Waals surface area contributed by atoms with Crippen LogP contribution in [0, 0.1) is 0 Å². The zero-order chi connectivity index (χ0) is 30.7. The molecule has 3 aromatic carbocycles. The van der Waals surface area contributed by atoms with Gasteiger partial charge in [0.2, 0.25) is 0 Å². The standard InChI is InChI=1S/C31H25ClN4O6S/c1-19(29(37)34-22-14-16-23(17-15-22)43(40,41)35-26-9-5-6-18-33-26)42-31(39)28-27(20-10-12-21(32)13-11-20)24-7-3-4-8-25(24)30(38)36(28)2/h3-19H,1-2H3,(H,33,35)(H,34,37). The second kappa shape index (κ2) is 12.1. The van der Waals surface area contributed by atoms with Crippen LogP contribution in [-0.2, 0) is 26.6 Å². The highest BCUT2D eigenvalue weighted by molar-refractivity contribution is 7.92. The number of fused-ring (bicyclic) bond motifs is 1. The van der Waals surface area contributed by atoms with Gasteiger partial charge in [0.1, 0.15) is 11.5 Å². The van der Waals surface area contributed by atoms with Crippen molar-refractivity contribution < 1.29 is 22.7 Å². The molecule has 0 spiro atoms. The van der Waals surface area contributed by atoms with Crippen LogP contribution in [0.4, 0.5) is 11.5 Å². The van der Waals surface area contributed by atoms with Crippen molar-refractivity contribution in [3.63, 3.8) is 0 Å². The summed E-state index contributed by atoms with van der Waals surface area (Å²) in [5, 5.41) is 4.07. The monoisotopic (exact) mass is 616 g/mol. The third-order valence-corrected chi connectivity index (χ3v) is 8.24. The predicted molar refractivity (Wildman–Crippen MR) is 165 cm³/mol. The van der Waals surface area contributed by atoms with Gasteiger partial charge in [-0.15, -0.1) is 0 Å². The highest BCUT2D eigenvalue weighted by Gasteiger charge is 2.26. The minimum atomic E-state index is -3.90. The summed E-state index contributed by atoms with van der Waals surface area (Å²) in [6, 6.07) is 24.0. The van der Waals surface area contributed by atoms with Crippen LogP contribution in [0.25, 0.3) is 21.9 Å². The number of hydrogen-bond donors (Lipinski definition) is 2. The van der Waals surface area contributed by atoms with Gasteiger partial charge in [-0.3, -0.25) is 14.3 Å². The van der Waals surface area contributed by atoms with Crippen molar-refractivity contribution in [3.05, 3.63) is 118 Å². The molecule has 12 heteroatoms. The number of nitrogens with one attached hydrogen (secondary N) is 2. The molecule has 2 heterocycles. The van der Waals surface area contributed by atoms with Crippen LogP contribution < -0.4 is 15.6 Å². The molecule has 0 bridgehead atoms. The molecule has 43 heavy (non-hydrogen) atoms. The molecule has 0 aliphatic carbocycles. The molecule has 10 nitrogen and oxygen atoms in total. The molecule has 0 aliphatic heterocycles. The predicted octanol–water partition coefficient (Wildman–Crippen LogP) is 5.24. The van der Waals surface area contributed by atoms with E-state index in [-0.39, 0.29) is 22.1 Å². The molecule has 5 aromatic rings. The molecule has 218 valence electrons. The van der Waals surface area contributed by atoms with E-state index in [1.54, 1.807) is 60.7 Å². The number of carbonyl (C=O) groups is 2. The van der Waals surface area contributed by atoms with Crippen molar-refractivity contribution in [2.75, 3.05) is 10.0 Å². The van der Waals surface area contributed by atoms with Gasteiger partial charge < -0.3 is 14.6 Å². The first kappa shape index (κ1) is 29.5. The number of pyridine rings is 2. The molecule has 2 N–H and O–H groups in total. The van der Waals surface area contributed by atoms with Gasteiger partial charge >= 0.3 is 5.97 Å². The summed E-state index contributed by atoms with van der Waals surface area (Å²) in [5.41, 5.74) is 0.950. The molecule has 5 rings (SSSR count). The van der Waals surface area contributed by atoms with Crippen LogP contribution in [0.5, 0.6) is 0 Å². The van der Waals surface area contributed by atoms with Gasteiger partial charge in [0, 0.05) is 34.9 Å². The molecular formula is C31H25ClN4O6S. The molecule has 0 saturated heterocycles. The Labute approximate surface area is 252 Å². The number of amides is 1. The number of benzene rings is 3. The van der Waals surface area contributed by atoms with E-state index < -0.39 is 33.6 Å². The minimum absolute atomic E-state index is 0.0272. The number of nitrogens with zero attached hydrogens (tertiary/aromatic N) is 2. The zero-order valence-corrected chi connectivity index (χ0v) is 24.5. The maximum absolute atomic E-state index is 13.5. The summed E-state index contributed by atoms with van der Waals surface area (Å²) in [6.07, 6.45) is 0.198. The second-order valence-corrected chi connectivity index (χ2v) is 11.6. The van der Waals surface area contributed by atoms with Crippen molar-refractivity contribution >= 4 is 55.8 Å². The van der Waals surface area contributed by atoms with E-state index in [1.165, 1.54) is 55.1 Å². The lowest BCUT2D eigenvalue weighted by Crippen LogP contribution is -2.33. The third kappa shape index (κ3) is 6.27. The maximum Gasteiger partial charge on any atom is 0.356 e. The Kier molecular flexibility index (Phi) is 8.29.